The van der Waals surface area contributed by atoms with Crippen molar-refractivity contribution in [2.75, 3.05) is 5.32 Å². The zero-order valence-corrected chi connectivity index (χ0v) is 9.40. The average molecular weight is 209 g/mol. The molecule has 1 aromatic heterocycles. The number of rotatable bonds is 6. The van der Waals surface area contributed by atoms with Crippen molar-refractivity contribution in [3.63, 3.8) is 0 Å². The zero-order valence-electron chi connectivity index (χ0n) is 9.40. The first-order valence-electron chi connectivity index (χ1n) is 5.49. The summed E-state index contributed by atoms with van der Waals surface area (Å²) in [6, 6.07) is 1.92. The van der Waals surface area contributed by atoms with Gasteiger partial charge in [0.15, 0.2) is 0 Å². The monoisotopic (exact) mass is 209 g/mol. The fraction of sp³-hybridized carbons (Fsp3) is 0.636. The molecule has 0 amide bonds. The van der Waals surface area contributed by atoms with Gasteiger partial charge in [0.05, 0.1) is 0 Å². The van der Waals surface area contributed by atoms with E-state index in [0.717, 1.165) is 18.5 Å². The van der Waals surface area contributed by atoms with Crippen molar-refractivity contribution in [3.8, 4) is 0 Å². The molecule has 4 heteroatoms. The minimum absolute atomic E-state index is 0.499. The normalized spacial score (nSPS) is 12.5. The van der Waals surface area contributed by atoms with Crippen LogP contribution in [0, 0.1) is 0 Å². The standard InChI is InChI=1S/C11H19N3O/c1-3-4-5-6-10-7-8-12-11(14-10)13-9(2)15/h7-9,15H,3-6H2,1-2H3,(H,12,13,14). The van der Waals surface area contributed by atoms with Gasteiger partial charge in [0.25, 0.3) is 0 Å². The van der Waals surface area contributed by atoms with Gasteiger partial charge in [0, 0.05) is 11.9 Å². The Morgan fingerprint density at radius 2 is 2.27 bits per heavy atom. The second-order valence-corrected chi connectivity index (χ2v) is 3.65. The van der Waals surface area contributed by atoms with Gasteiger partial charge in [0.2, 0.25) is 5.95 Å². The smallest absolute Gasteiger partial charge is 0.224 e. The summed E-state index contributed by atoms with van der Waals surface area (Å²) in [5.41, 5.74) is 1.03. The molecule has 15 heavy (non-hydrogen) atoms. The molecule has 0 radical (unpaired) electrons. The van der Waals surface area contributed by atoms with E-state index in [-0.39, 0.29) is 0 Å². The first-order chi connectivity index (χ1) is 7.22. The summed E-state index contributed by atoms with van der Waals surface area (Å²) in [7, 11) is 0. The predicted octanol–water partition coefficient (Wildman–Crippen LogP) is 1.96. The van der Waals surface area contributed by atoms with Crippen LogP contribution in [0.25, 0.3) is 0 Å². The first-order valence-corrected chi connectivity index (χ1v) is 5.49. The number of aromatic nitrogens is 2. The van der Waals surface area contributed by atoms with Gasteiger partial charge in [-0.1, -0.05) is 19.8 Å². The van der Waals surface area contributed by atoms with E-state index >= 15 is 0 Å². The van der Waals surface area contributed by atoms with Crippen LogP contribution in [0.4, 0.5) is 5.95 Å². The van der Waals surface area contributed by atoms with E-state index < -0.39 is 6.23 Å². The number of aliphatic hydroxyl groups excluding tert-OH is 1. The summed E-state index contributed by atoms with van der Waals surface area (Å²) in [6.07, 6.45) is 5.68. The summed E-state index contributed by atoms with van der Waals surface area (Å²) < 4.78 is 0. The predicted molar refractivity (Wildman–Crippen MR) is 60.6 cm³/mol. The van der Waals surface area contributed by atoms with E-state index in [1.807, 2.05) is 6.07 Å². The van der Waals surface area contributed by atoms with E-state index in [1.165, 1.54) is 12.8 Å². The summed E-state index contributed by atoms with van der Waals surface area (Å²) in [5.74, 6) is 0.499. The van der Waals surface area contributed by atoms with E-state index in [4.69, 9.17) is 5.11 Å². The quantitative estimate of drug-likeness (QED) is 0.555. The number of hydrogen-bond donors (Lipinski definition) is 2. The zero-order chi connectivity index (χ0) is 11.1. The maximum Gasteiger partial charge on any atom is 0.224 e. The highest BCUT2D eigenvalue weighted by Gasteiger charge is 2.01. The molecule has 1 aromatic rings. The molecular formula is C11H19N3O. The van der Waals surface area contributed by atoms with Gasteiger partial charge in [-0.3, -0.25) is 0 Å². The van der Waals surface area contributed by atoms with Crippen LogP contribution in [-0.4, -0.2) is 21.3 Å². The van der Waals surface area contributed by atoms with Crippen LogP contribution in [0.2, 0.25) is 0 Å². The molecule has 0 aliphatic carbocycles. The molecule has 0 aliphatic rings. The molecule has 1 heterocycles. The number of aliphatic hydroxyl groups is 1. The fourth-order valence-electron chi connectivity index (χ4n) is 1.35. The number of hydrogen-bond acceptors (Lipinski definition) is 4. The number of nitrogens with one attached hydrogen (secondary N) is 1. The van der Waals surface area contributed by atoms with E-state index in [0.29, 0.717) is 5.95 Å². The number of aryl methyl sites for hydroxylation is 1. The lowest BCUT2D eigenvalue weighted by Gasteiger charge is -2.07. The number of anilines is 1. The Kier molecular flexibility index (Phi) is 5.04. The molecular weight excluding hydrogens is 190 g/mol. The number of nitrogens with zero attached hydrogens (tertiary/aromatic N) is 2. The van der Waals surface area contributed by atoms with Gasteiger partial charge in [-0.25, -0.2) is 9.97 Å². The highest BCUT2D eigenvalue weighted by molar-refractivity contribution is 5.25. The summed E-state index contributed by atoms with van der Waals surface area (Å²) in [4.78, 5) is 8.33. The third-order valence-corrected chi connectivity index (χ3v) is 2.09. The summed E-state index contributed by atoms with van der Waals surface area (Å²) in [6.45, 7) is 3.83. The van der Waals surface area contributed by atoms with Crippen molar-refractivity contribution < 1.29 is 5.11 Å². The lowest BCUT2D eigenvalue weighted by molar-refractivity contribution is 0.223. The molecule has 0 fully saturated rings. The lowest BCUT2D eigenvalue weighted by Crippen LogP contribution is -2.16. The molecule has 1 rings (SSSR count). The van der Waals surface area contributed by atoms with Crippen LogP contribution >= 0.6 is 0 Å². The Labute approximate surface area is 90.8 Å². The van der Waals surface area contributed by atoms with Gasteiger partial charge >= 0.3 is 0 Å². The largest absolute Gasteiger partial charge is 0.374 e. The first kappa shape index (κ1) is 11.9. The third kappa shape index (κ3) is 4.74. The van der Waals surface area contributed by atoms with Gasteiger partial charge in [0.1, 0.15) is 6.23 Å². The van der Waals surface area contributed by atoms with E-state index in [9.17, 15) is 0 Å². The maximum absolute atomic E-state index is 9.12. The molecule has 0 spiro atoms. The van der Waals surface area contributed by atoms with Gasteiger partial charge in [-0.2, -0.15) is 0 Å². The minimum atomic E-state index is -0.615. The Morgan fingerprint density at radius 3 is 2.93 bits per heavy atom. The van der Waals surface area contributed by atoms with Crippen LogP contribution in [0.1, 0.15) is 38.8 Å². The van der Waals surface area contributed by atoms with Crippen molar-refractivity contribution in [3.05, 3.63) is 18.0 Å². The second kappa shape index (κ2) is 6.35. The molecule has 1 atom stereocenters. The Morgan fingerprint density at radius 1 is 1.47 bits per heavy atom. The van der Waals surface area contributed by atoms with Gasteiger partial charge in [-0.15, -0.1) is 0 Å². The fourth-order valence-corrected chi connectivity index (χ4v) is 1.35. The van der Waals surface area contributed by atoms with Gasteiger partial charge in [-0.05, 0) is 25.8 Å². The summed E-state index contributed by atoms with van der Waals surface area (Å²) in [5, 5.41) is 11.9. The average Bonchev–Trinajstić information content (AvgIpc) is 2.18. The molecule has 84 valence electrons. The Hall–Kier alpha value is -1.16. The highest BCUT2D eigenvalue weighted by atomic mass is 16.3. The Balaban J connectivity index is 2.50. The third-order valence-electron chi connectivity index (χ3n) is 2.09. The van der Waals surface area contributed by atoms with Crippen LogP contribution < -0.4 is 5.32 Å². The molecule has 0 aliphatic heterocycles. The van der Waals surface area contributed by atoms with Crippen LogP contribution in [0.5, 0.6) is 0 Å². The van der Waals surface area contributed by atoms with Crippen LogP contribution in [-0.2, 0) is 6.42 Å². The van der Waals surface area contributed by atoms with Crippen molar-refractivity contribution in [1.29, 1.82) is 0 Å². The van der Waals surface area contributed by atoms with Crippen molar-refractivity contribution in [1.82, 2.24) is 9.97 Å². The van der Waals surface area contributed by atoms with Gasteiger partial charge < -0.3 is 10.4 Å². The highest BCUT2D eigenvalue weighted by Crippen LogP contribution is 2.06. The molecule has 0 bridgehead atoms. The molecule has 4 nitrogen and oxygen atoms in total. The topological polar surface area (TPSA) is 58.0 Å². The minimum Gasteiger partial charge on any atom is -0.374 e. The number of unbranched alkanes of at least 4 members (excludes halogenated alkanes) is 2. The summed E-state index contributed by atoms with van der Waals surface area (Å²) >= 11 is 0. The van der Waals surface area contributed by atoms with Crippen molar-refractivity contribution >= 4 is 5.95 Å². The second-order valence-electron chi connectivity index (χ2n) is 3.65. The van der Waals surface area contributed by atoms with E-state index in [2.05, 4.69) is 22.2 Å². The molecule has 0 saturated carbocycles. The SMILES string of the molecule is CCCCCc1ccnc(NC(C)O)n1. The van der Waals surface area contributed by atoms with E-state index in [1.54, 1.807) is 13.1 Å². The van der Waals surface area contributed by atoms with Crippen molar-refractivity contribution in [2.45, 2.75) is 45.8 Å². The molecule has 2 N–H and O–H groups in total. The van der Waals surface area contributed by atoms with Crippen molar-refractivity contribution in [2.24, 2.45) is 0 Å². The lowest BCUT2D eigenvalue weighted by atomic mass is 10.1. The molecule has 1 unspecified atom stereocenters. The maximum atomic E-state index is 9.12. The molecule has 0 aromatic carbocycles. The molecule has 0 saturated heterocycles. The van der Waals surface area contributed by atoms with Crippen LogP contribution in [0.3, 0.4) is 0 Å². The van der Waals surface area contributed by atoms with Crippen LogP contribution in [0.15, 0.2) is 12.3 Å². The Bertz CT molecular complexity index is 289.